The molecule has 2 amide bonds. The van der Waals surface area contributed by atoms with Gasteiger partial charge in [0.05, 0.1) is 11.6 Å². The summed E-state index contributed by atoms with van der Waals surface area (Å²) in [6, 6.07) is 5.94. The van der Waals surface area contributed by atoms with Crippen LogP contribution >= 0.6 is 11.8 Å². The molecule has 0 radical (unpaired) electrons. The monoisotopic (exact) mass is 447 g/mol. The Balaban J connectivity index is 2.88. The van der Waals surface area contributed by atoms with E-state index in [2.05, 4.69) is 10.6 Å². The minimum atomic E-state index is -4.39. The fourth-order valence-electron chi connectivity index (χ4n) is 2.31. The predicted molar refractivity (Wildman–Crippen MR) is 115 cm³/mol. The maximum Gasteiger partial charge on any atom is 0.407 e. The summed E-state index contributed by atoms with van der Waals surface area (Å²) in [5.41, 5.74) is 0.0555. The average molecular weight is 448 g/mol. The summed E-state index contributed by atoms with van der Waals surface area (Å²) >= 11 is 1.70. The van der Waals surface area contributed by atoms with Crippen molar-refractivity contribution in [1.82, 2.24) is 10.6 Å². The Bertz CT molecular complexity index is 776. The normalized spacial score (nSPS) is 12.7. The van der Waals surface area contributed by atoms with E-state index >= 15 is 0 Å². The number of nitrogens with one attached hydrogen (secondary N) is 3. The summed E-state index contributed by atoms with van der Waals surface area (Å²) < 4.78 is 37.8. The van der Waals surface area contributed by atoms with Gasteiger partial charge in [-0.15, -0.1) is 0 Å². The number of alkyl carbamates (subject to hydrolysis) is 1. The predicted octanol–water partition coefficient (Wildman–Crippen LogP) is 2.38. The Morgan fingerprint density at radius 2 is 1.79 bits per heavy atom. The molecule has 11 heteroatoms. The van der Waals surface area contributed by atoms with Crippen molar-refractivity contribution in [2.75, 3.05) is 29.3 Å². The number of carbonyl (C=O) groups is 2. The molecule has 0 saturated heterocycles. The molecule has 0 heterocycles. The lowest BCUT2D eigenvalue weighted by Gasteiger charge is -2.22. The zero-order valence-corrected chi connectivity index (χ0v) is 18.7. The fraction of sp³-hybridized carbons (Fsp3) is 0.556. The molecule has 0 spiro atoms. The van der Waals surface area contributed by atoms with Gasteiger partial charge in [0.2, 0.25) is 5.91 Å². The highest BCUT2D eigenvalue weighted by Crippen LogP contribution is 2.19. The van der Waals surface area contributed by atoms with Crippen LogP contribution in [-0.2, 0) is 19.8 Å². The number of amides is 2. The van der Waals surface area contributed by atoms with Crippen molar-refractivity contribution in [3.63, 3.8) is 0 Å². The minimum Gasteiger partial charge on any atom is -0.444 e. The number of carbonyl (C=O) groups excluding carboxylic acids is 2. The van der Waals surface area contributed by atoms with Gasteiger partial charge in [-0.25, -0.2) is 4.79 Å². The van der Waals surface area contributed by atoms with Crippen LogP contribution in [0.4, 0.5) is 10.5 Å². The smallest absolute Gasteiger partial charge is 0.407 e. The summed E-state index contributed by atoms with van der Waals surface area (Å²) in [6.45, 7) is 7.74. The second-order valence-corrected chi connectivity index (χ2v) is 9.67. The van der Waals surface area contributed by atoms with Crippen LogP contribution in [0.1, 0.15) is 39.2 Å². The van der Waals surface area contributed by atoms with Crippen LogP contribution < -0.4 is 15.4 Å². The zero-order chi connectivity index (χ0) is 22.1. The first-order valence-electron chi connectivity index (χ1n) is 9.09. The van der Waals surface area contributed by atoms with Crippen molar-refractivity contribution < 1.29 is 27.3 Å². The van der Waals surface area contributed by atoms with E-state index in [1.807, 2.05) is 11.6 Å². The highest BCUT2D eigenvalue weighted by atomic mass is 32.2. The third kappa shape index (κ3) is 11.0. The molecule has 1 rings (SSSR count). The Hall–Kier alpha value is -1.98. The second kappa shape index (κ2) is 11.3. The van der Waals surface area contributed by atoms with Gasteiger partial charge in [-0.05, 0) is 44.2 Å². The van der Waals surface area contributed by atoms with Crippen molar-refractivity contribution in [3.8, 4) is 0 Å². The van der Waals surface area contributed by atoms with Crippen LogP contribution in [0.25, 0.3) is 0 Å². The summed E-state index contributed by atoms with van der Waals surface area (Å²) in [6.07, 6.45) is -0.638. The number of benzene rings is 1. The van der Waals surface area contributed by atoms with Gasteiger partial charge in [0.15, 0.2) is 0 Å². The van der Waals surface area contributed by atoms with Crippen LogP contribution in [0.2, 0.25) is 0 Å². The maximum atomic E-state index is 12.7. The summed E-state index contributed by atoms with van der Waals surface area (Å²) in [5, 5.41) is 5.43. The van der Waals surface area contributed by atoms with Gasteiger partial charge in [-0.1, -0.05) is 19.1 Å². The molecule has 1 atom stereocenters. The highest BCUT2D eigenvalue weighted by Gasteiger charge is 2.23. The molecule has 9 nitrogen and oxygen atoms in total. The third-order valence-electron chi connectivity index (χ3n) is 3.48. The van der Waals surface area contributed by atoms with Crippen molar-refractivity contribution in [2.45, 2.75) is 39.2 Å². The summed E-state index contributed by atoms with van der Waals surface area (Å²) in [5.74, 6) is 0.745. The van der Waals surface area contributed by atoms with Crippen LogP contribution in [-0.4, -0.2) is 55.2 Å². The first-order chi connectivity index (χ1) is 13.4. The van der Waals surface area contributed by atoms with Gasteiger partial charge < -0.3 is 15.4 Å². The van der Waals surface area contributed by atoms with E-state index in [4.69, 9.17) is 9.29 Å². The number of anilines is 1. The Kier molecular flexibility index (Phi) is 9.74. The first kappa shape index (κ1) is 25.1. The van der Waals surface area contributed by atoms with E-state index in [0.29, 0.717) is 12.1 Å². The lowest BCUT2D eigenvalue weighted by molar-refractivity contribution is -0.122. The van der Waals surface area contributed by atoms with Crippen molar-refractivity contribution >= 4 is 39.8 Å². The average Bonchev–Trinajstić information content (AvgIpc) is 2.57. The van der Waals surface area contributed by atoms with Crippen LogP contribution in [0, 0.1) is 0 Å². The topological polar surface area (TPSA) is 134 Å². The molecule has 1 aromatic rings. The van der Waals surface area contributed by atoms with Gasteiger partial charge in [-0.3, -0.25) is 14.1 Å². The Labute approximate surface area is 176 Å². The van der Waals surface area contributed by atoms with Crippen molar-refractivity contribution in [1.29, 1.82) is 0 Å². The van der Waals surface area contributed by atoms with Crippen molar-refractivity contribution in [3.05, 3.63) is 29.8 Å². The molecule has 0 aliphatic carbocycles. The van der Waals surface area contributed by atoms with Gasteiger partial charge in [-0.2, -0.15) is 20.2 Å². The molecule has 1 aromatic carbocycles. The van der Waals surface area contributed by atoms with E-state index in [9.17, 15) is 18.0 Å². The van der Waals surface area contributed by atoms with Gasteiger partial charge in [0.25, 0.3) is 0 Å². The number of hydrogen-bond donors (Lipinski definition) is 4. The number of ether oxygens (including phenoxy) is 1. The van der Waals surface area contributed by atoms with E-state index in [-0.39, 0.29) is 18.1 Å². The Morgan fingerprint density at radius 1 is 1.17 bits per heavy atom. The second-order valence-electron chi connectivity index (χ2n) is 7.12. The zero-order valence-electron chi connectivity index (χ0n) is 17.0. The van der Waals surface area contributed by atoms with E-state index in [0.717, 1.165) is 11.5 Å². The van der Waals surface area contributed by atoms with Gasteiger partial charge in [0.1, 0.15) is 5.60 Å². The summed E-state index contributed by atoms with van der Waals surface area (Å²) in [7, 11) is -4.39. The van der Waals surface area contributed by atoms with E-state index in [1.54, 1.807) is 44.7 Å². The summed E-state index contributed by atoms with van der Waals surface area (Å²) in [4.78, 5) is 24.6. The van der Waals surface area contributed by atoms with Gasteiger partial charge in [0, 0.05) is 18.8 Å². The Morgan fingerprint density at radius 3 is 2.31 bits per heavy atom. The molecule has 0 unspecified atom stereocenters. The largest absolute Gasteiger partial charge is 0.444 e. The molecule has 0 bridgehead atoms. The number of rotatable bonds is 10. The molecule has 29 heavy (non-hydrogen) atoms. The lowest BCUT2D eigenvalue weighted by Crippen LogP contribution is -2.40. The molecule has 164 valence electrons. The molecular formula is C18H29N3O6S2. The molecule has 0 fully saturated rings. The molecule has 0 aromatic heterocycles. The SMILES string of the molecule is CCSCCNC(=O)[C@@H](CNC(=O)OC(C)(C)C)c1ccc(NS(=O)(=O)O)cc1. The number of thioether (sulfide) groups is 1. The van der Waals surface area contributed by atoms with Crippen LogP contribution in [0.15, 0.2) is 24.3 Å². The van der Waals surface area contributed by atoms with Crippen LogP contribution in [0.5, 0.6) is 0 Å². The minimum absolute atomic E-state index is 0.00669. The molecule has 0 saturated carbocycles. The molecule has 0 aliphatic heterocycles. The number of hydrogen-bond acceptors (Lipinski definition) is 6. The third-order valence-corrected chi connectivity index (χ3v) is 4.87. The molecular weight excluding hydrogens is 418 g/mol. The van der Waals surface area contributed by atoms with Gasteiger partial charge >= 0.3 is 16.4 Å². The van der Waals surface area contributed by atoms with E-state index < -0.39 is 27.9 Å². The fourth-order valence-corrected chi connectivity index (χ4v) is 3.28. The first-order valence-corrected chi connectivity index (χ1v) is 11.7. The lowest BCUT2D eigenvalue weighted by atomic mass is 9.98. The van der Waals surface area contributed by atoms with Crippen LogP contribution in [0.3, 0.4) is 0 Å². The molecule has 0 aliphatic rings. The van der Waals surface area contributed by atoms with Crippen molar-refractivity contribution in [2.24, 2.45) is 0 Å². The quantitative estimate of drug-likeness (QED) is 0.319. The highest BCUT2D eigenvalue weighted by molar-refractivity contribution is 7.99. The maximum absolute atomic E-state index is 12.7. The van der Waals surface area contributed by atoms with E-state index in [1.165, 1.54) is 12.1 Å². The standard InChI is InChI=1S/C18H29N3O6S2/c1-5-28-11-10-19-16(22)15(12-20-17(23)27-18(2,3)4)13-6-8-14(9-7-13)21-29(24,25)26/h6-9,15,21H,5,10-12H2,1-4H3,(H,19,22)(H,20,23)(H,24,25,26)/t15-/m0/s1. The molecule has 4 N–H and O–H groups in total.